The number of aliphatic carboxylic acids is 1. The predicted molar refractivity (Wildman–Crippen MR) is 139 cm³/mol. The number of benzene rings is 1. The first-order chi connectivity index (χ1) is 17.5. The minimum Gasteiger partial charge on any atom is -0.508 e. The molecule has 0 saturated carbocycles. The van der Waals surface area contributed by atoms with Gasteiger partial charge < -0.3 is 36.9 Å². The summed E-state index contributed by atoms with van der Waals surface area (Å²) in [4.78, 5) is 57.5. The second-order valence-corrected chi connectivity index (χ2v) is 9.14. The number of phenols is 1. The van der Waals surface area contributed by atoms with E-state index in [0.29, 0.717) is 17.7 Å². The molecule has 12 nitrogen and oxygen atoms in total. The fourth-order valence-electron chi connectivity index (χ4n) is 3.47. The number of carbonyl (C=O) groups excluding carboxylic acids is 3. The largest absolute Gasteiger partial charge is 0.508 e. The number of nitrogens with zero attached hydrogens (tertiary/aromatic N) is 1. The molecule has 37 heavy (non-hydrogen) atoms. The van der Waals surface area contributed by atoms with Crippen molar-refractivity contribution in [3.05, 3.63) is 48.0 Å². The molecule has 0 aliphatic carbocycles. The summed E-state index contributed by atoms with van der Waals surface area (Å²) in [5, 5.41) is 26.9. The van der Waals surface area contributed by atoms with Crippen LogP contribution < -0.4 is 21.7 Å². The van der Waals surface area contributed by atoms with Crippen molar-refractivity contribution in [2.45, 2.75) is 57.3 Å². The molecule has 1 aromatic heterocycles. The normalized spacial score (nSPS) is 15.0. The summed E-state index contributed by atoms with van der Waals surface area (Å²) < 4.78 is 0. The Hall–Kier alpha value is -3.58. The zero-order valence-electron chi connectivity index (χ0n) is 20.7. The molecule has 5 unspecified atom stereocenters. The van der Waals surface area contributed by atoms with Crippen molar-refractivity contribution in [2.24, 2.45) is 11.7 Å². The van der Waals surface area contributed by atoms with Gasteiger partial charge in [0.25, 0.3) is 0 Å². The van der Waals surface area contributed by atoms with Gasteiger partial charge in [-0.3, -0.25) is 14.4 Å². The van der Waals surface area contributed by atoms with E-state index in [0.717, 1.165) is 0 Å². The van der Waals surface area contributed by atoms with Crippen LogP contribution in [0.25, 0.3) is 0 Å². The summed E-state index contributed by atoms with van der Waals surface area (Å²) in [6, 6.07) is 1.61. The molecule has 202 valence electrons. The second kappa shape index (κ2) is 14.2. The van der Waals surface area contributed by atoms with Crippen LogP contribution in [0.4, 0.5) is 0 Å². The first-order valence-corrected chi connectivity index (χ1v) is 12.4. The van der Waals surface area contributed by atoms with Crippen LogP contribution in [0.15, 0.2) is 36.8 Å². The van der Waals surface area contributed by atoms with Crippen LogP contribution in [-0.4, -0.2) is 73.8 Å². The molecule has 0 saturated heterocycles. The number of nitrogens with two attached hydrogens (primary N) is 1. The van der Waals surface area contributed by atoms with Gasteiger partial charge in [-0.2, -0.15) is 12.6 Å². The summed E-state index contributed by atoms with van der Waals surface area (Å²) in [6.07, 6.45) is 3.48. The summed E-state index contributed by atoms with van der Waals surface area (Å²) in [6.45, 7) is 3.58. The average molecular weight is 535 g/mol. The Morgan fingerprint density at radius 1 is 1.03 bits per heavy atom. The summed E-state index contributed by atoms with van der Waals surface area (Å²) in [7, 11) is 0. The zero-order chi connectivity index (χ0) is 27.5. The van der Waals surface area contributed by atoms with Crippen molar-refractivity contribution < 1.29 is 29.4 Å². The van der Waals surface area contributed by atoms with E-state index in [1.165, 1.54) is 24.7 Å². The van der Waals surface area contributed by atoms with Crippen molar-refractivity contribution in [1.29, 1.82) is 0 Å². The Morgan fingerprint density at radius 2 is 1.68 bits per heavy atom. The molecule has 2 rings (SSSR count). The lowest BCUT2D eigenvalue weighted by Crippen LogP contribution is -2.59. The van der Waals surface area contributed by atoms with Gasteiger partial charge in [0.2, 0.25) is 17.7 Å². The lowest BCUT2D eigenvalue weighted by atomic mass is 9.96. The minimum absolute atomic E-state index is 0.0252. The number of hydrogen-bond donors (Lipinski definition) is 8. The Kier molecular flexibility index (Phi) is 11.4. The SMILES string of the molecule is CCC(C)C(NC(=O)C(Cc1cnc[nH]1)NC(=O)C(N)CS)C(=O)NC(Cc1ccc(O)cc1)C(=O)O. The molecule has 5 atom stereocenters. The number of phenolic OH excluding ortho intramolecular Hbond substituents is 1. The molecule has 2 aromatic rings. The van der Waals surface area contributed by atoms with Crippen LogP contribution in [0.3, 0.4) is 0 Å². The van der Waals surface area contributed by atoms with E-state index >= 15 is 0 Å². The Balaban J connectivity index is 2.20. The first kappa shape index (κ1) is 29.6. The Morgan fingerprint density at radius 3 is 2.22 bits per heavy atom. The molecule has 0 aliphatic heterocycles. The lowest BCUT2D eigenvalue weighted by molar-refractivity contribution is -0.142. The van der Waals surface area contributed by atoms with Crippen LogP contribution in [-0.2, 0) is 32.0 Å². The van der Waals surface area contributed by atoms with E-state index in [9.17, 15) is 29.4 Å². The fraction of sp³-hybridized carbons (Fsp3) is 0.458. The zero-order valence-corrected chi connectivity index (χ0v) is 21.6. The van der Waals surface area contributed by atoms with Crippen molar-refractivity contribution in [3.63, 3.8) is 0 Å². The molecule has 1 aromatic carbocycles. The number of aromatic amines is 1. The van der Waals surface area contributed by atoms with Gasteiger partial charge in [0, 0.05) is 30.5 Å². The summed E-state index contributed by atoms with van der Waals surface area (Å²) in [5.74, 6) is -3.39. The van der Waals surface area contributed by atoms with E-state index in [1.807, 2.05) is 6.92 Å². The topological polar surface area (TPSA) is 200 Å². The highest BCUT2D eigenvalue weighted by Crippen LogP contribution is 2.13. The maximum Gasteiger partial charge on any atom is 0.326 e. The van der Waals surface area contributed by atoms with E-state index in [4.69, 9.17) is 5.73 Å². The van der Waals surface area contributed by atoms with Crippen LogP contribution in [0, 0.1) is 5.92 Å². The lowest BCUT2D eigenvalue weighted by Gasteiger charge is -2.28. The van der Waals surface area contributed by atoms with Crippen LogP contribution >= 0.6 is 12.6 Å². The van der Waals surface area contributed by atoms with Crippen molar-refractivity contribution in [3.8, 4) is 5.75 Å². The number of aromatic hydroxyl groups is 1. The fourth-order valence-corrected chi connectivity index (χ4v) is 3.64. The number of nitrogens with one attached hydrogen (secondary N) is 4. The number of carboxylic acids is 1. The van der Waals surface area contributed by atoms with Gasteiger partial charge in [-0.15, -0.1) is 0 Å². The molecule has 13 heteroatoms. The summed E-state index contributed by atoms with van der Waals surface area (Å²) in [5.41, 5.74) is 6.91. The molecule has 0 spiro atoms. The molecular weight excluding hydrogens is 500 g/mol. The first-order valence-electron chi connectivity index (χ1n) is 11.8. The number of hydrogen-bond acceptors (Lipinski definition) is 8. The highest BCUT2D eigenvalue weighted by molar-refractivity contribution is 7.80. The molecular formula is C24H34N6O6S. The third-order valence-electron chi connectivity index (χ3n) is 5.93. The molecule has 0 fully saturated rings. The highest BCUT2D eigenvalue weighted by atomic mass is 32.1. The van der Waals surface area contributed by atoms with Gasteiger partial charge in [0.15, 0.2) is 0 Å². The third-order valence-corrected chi connectivity index (χ3v) is 6.32. The quantitative estimate of drug-likeness (QED) is 0.152. The van der Waals surface area contributed by atoms with E-state index in [-0.39, 0.29) is 30.3 Å². The standard InChI is InChI=1S/C24H34N6O6S/c1-3-13(2)20(23(34)29-19(24(35)36)8-14-4-6-16(31)7-5-14)30-22(33)18(9-15-10-26-12-27-15)28-21(32)17(25)11-37/h4-7,10,12-13,17-20,31,37H,3,8-9,11,25H2,1-2H3,(H,26,27)(H,28,32)(H,29,34)(H,30,33)(H,35,36). The van der Waals surface area contributed by atoms with Crippen molar-refractivity contribution in [2.75, 3.05) is 5.75 Å². The van der Waals surface area contributed by atoms with Crippen molar-refractivity contribution in [1.82, 2.24) is 25.9 Å². The van der Waals surface area contributed by atoms with Crippen LogP contribution in [0.1, 0.15) is 31.5 Å². The maximum atomic E-state index is 13.3. The van der Waals surface area contributed by atoms with E-state index in [2.05, 4.69) is 38.5 Å². The van der Waals surface area contributed by atoms with Crippen LogP contribution in [0.5, 0.6) is 5.75 Å². The molecule has 8 N–H and O–H groups in total. The number of aromatic nitrogens is 2. The Bertz CT molecular complexity index is 1050. The molecule has 0 aliphatic rings. The Labute approximate surface area is 220 Å². The molecule has 3 amide bonds. The van der Waals surface area contributed by atoms with Gasteiger partial charge in [-0.25, -0.2) is 9.78 Å². The smallest absolute Gasteiger partial charge is 0.326 e. The number of amides is 3. The maximum absolute atomic E-state index is 13.3. The molecule has 1 heterocycles. The molecule has 0 radical (unpaired) electrons. The number of carboxylic acid groups (broad SMARTS) is 1. The third kappa shape index (κ3) is 9.10. The van der Waals surface area contributed by atoms with Gasteiger partial charge in [0.1, 0.15) is 23.9 Å². The second-order valence-electron chi connectivity index (χ2n) is 8.77. The average Bonchev–Trinajstić information content (AvgIpc) is 3.39. The predicted octanol–water partition coefficient (Wildman–Crippen LogP) is -0.257. The van der Waals surface area contributed by atoms with Gasteiger partial charge >= 0.3 is 5.97 Å². The number of carbonyl (C=O) groups is 4. The van der Waals surface area contributed by atoms with E-state index < -0.39 is 47.9 Å². The number of imidazole rings is 1. The van der Waals surface area contributed by atoms with Gasteiger partial charge in [-0.05, 0) is 23.6 Å². The monoisotopic (exact) mass is 534 g/mol. The van der Waals surface area contributed by atoms with Crippen LogP contribution in [0.2, 0.25) is 0 Å². The molecule has 0 bridgehead atoms. The number of rotatable bonds is 14. The van der Waals surface area contributed by atoms with E-state index in [1.54, 1.807) is 19.1 Å². The van der Waals surface area contributed by atoms with Gasteiger partial charge in [0.05, 0.1) is 12.4 Å². The number of H-pyrrole nitrogens is 1. The summed E-state index contributed by atoms with van der Waals surface area (Å²) >= 11 is 4.01. The van der Waals surface area contributed by atoms with Gasteiger partial charge in [-0.1, -0.05) is 32.4 Å². The number of thiol groups is 1. The van der Waals surface area contributed by atoms with Crippen molar-refractivity contribution >= 4 is 36.3 Å². The highest BCUT2D eigenvalue weighted by Gasteiger charge is 2.33. The minimum atomic E-state index is -1.27.